The number of piperidine rings is 1. The fourth-order valence-corrected chi connectivity index (χ4v) is 5.52. The van der Waals surface area contributed by atoms with Crippen LogP contribution in [0, 0.1) is 11.3 Å². The number of nitrogens with zero attached hydrogens (tertiary/aromatic N) is 1. The van der Waals surface area contributed by atoms with Gasteiger partial charge in [-0.05, 0) is 114 Å². The van der Waals surface area contributed by atoms with Gasteiger partial charge in [-0.3, -0.25) is 0 Å². The minimum absolute atomic E-state index is 0.404. The Morgan fingerprint density at radius 3 is 2.23 bits per heavy atom. The number of hydrogen-bond acceptors (Lipinski definition) is 3. The summed E-state index contributed by atoms with van der Waals surface area (Å²) in [4.78, 5) is 2.77. The molecule has 0 radical (unpaired) electrons. The molecule has 2 heterocycles. The van der Waals surface area contributed by atoms with E-state index in [1.54, 1.807) is 0 Å². The molecular formula is C27H47NO2. The summed E-state index contributed by atoms with van der Waals surface area (Å²) in [5.74, 6) is 1.79. The highest BCUT2D eigenvalue weighted by Gasteiger charge is 2.40. The molecule has 3 nitrogen and oxygen atoms in total. The maximum Gasteiger partial charge on any atom is 0.118 e. The average molecular weight is 418 g/mol. The summed E-state index contributed by atoms with van der Waals surface area (Å²) in [6.45, 7) is 15.9. The number of ether oxygens (including phenoxy) is 2. The van der Waals surface area contributed by atoms with Crippen molar-refractivity contribution in [3.8, 4) is 0 Å². The van der Waals surface area contributed by atoms with Crippen molar-refractivity contribution >= 4 is 0 Å². The second-order valence-electron chi connectivity index (χ2n) is 10.4. The van der Waals surface area contributed by atoms with E-state index in [0.717, 1.165) is 31.4 Å². The molecule has 0 aromatic rings. The van der Waals surface area contributed by atoms with Crippen LogP contribution >= 0.6 is 0 Å². The lowest BCUT2D eigenvalue weighted by Crippen LogP contribution is -2.48. The smallest absolute Gasteiger partial charge is 0.118 e. The molecule has 2 aliphatic heterocycles. The molecule has 0 aromatic carbocycles. The van der Waals surface area contributed by atoms with Crippen molar-refractivity contribution in [2.45, 2.75) is 111 Å². The molecule has 30 heavy (non-hydrogen) atoms. The summed E-state index contributed by atoms with van der Waals surface area (Å²) in [7, 11) is 0. The molecule has 2 saturated heterocycles. The zero-order chi connectivity index (χ0) is 21.6. The normalized spacial score (nSPS) is 26.5. The first-order valence-corrected chi connectivity index (χ1v) is 12.8. The standard InChI is InChI=1S/C27H47NO2/c1-6-21(3)23(5)20-26(22(4)7-2)30-25-8-12-27(13-9-25)14-16-28(17-15-27)24-10-18-29-19-11-24/h20-21,24-25H,6-19H2,1-5H3/b23-20-,26-22?. The summed E-state index contributed by atoms with van der Waals surface area (Å²) in [6, 6.07) is 0.779. The second-order valence-corrected chi connectivity index (χ2v) is 10.4. The van der Waals surface area contributed by atoms with Gasteiger partial charge in [-0.2, -0.15) is 0 Å². The third kappa shape index (κ3) is 6.13. The molecule has 0 aromatic heterocycles. The maximum atomic E-state index is 6.64. The second kappa shape index (κ2) is 11.2. The van der Waals surface area contributed by atoms with Crippen molar-refractivity contribution in [3.05, 3.63) is 23.0 Å². The molecule has 0 bridgehead atoms. The predicted molar refractivity (Wildman–Crippen MR) is 127 cm³/mol. The maximum absolute atomic E-state index is 6.64. The summed E-state index contributed by atoms with van der Waals surface area (Å²) in [5.41, 5.74) is 3.43. The molecule has 0 amide bonds. The largest absolute Gasteiger partial charge is 0.491 e. The average Bonchev–Trinajstić information content (AvgIpc) is 2.80. The lowest BCUT2D eigenvalue weighted by Gasteiger charge is -2.48. The van der Waals surface area contributed by atoms with Crippen LogP contribution < -0.4 is 0 Å². The number of rotatable bonds is 7. The van der Waals surface area contributed by atoms with Crippen LogP contribution in [0.4, 0.5) is 0 Å². The van der Waals surface area contributed by atoms with Crippen LogP contribution in [0.5, 0.6) is 0 Å². The molecule has 172 valence electrons. The molecule has 3 fully saturated rings. The van der Waals surface area contributed by atoms with Crippen molar-refractivity contribution in [1.82, 2.24) is 4.90 Å². The third-order valence-electron chi connectivity index (χ3n) is 8.55. The van der Waals surface area contributed by atoms with Crippen LogP contribution in [-0.2, 0) is 9.47 Å². The van der Waals surface area contributed by atoms with Crippen molar-refractivity contribution in [2.24, 2.45) is 11.3 Å². The van der Waals surface area contributed by atoms with E-state index in [9.17, 15) is 0 Å². The molecule has 1 saturated carbocycles. The molecule has 1 aliphatic carbocycles. The van der Waals surface area contributed by atoms with Gasteiger partial charge in [0.2, 0.25) is 0 Å². The Labute approximate surface area is 186 Å². The van der Waals surface area contributed by atoms with Gasteiger partial charge in [0.25, 0.3) is 0 Å². The fourth-order valence-electron chi connectivity index (χ4n) is 5.52. The van der Waals surface area contributed by atoms with Gasteiger partial charge in [0.1, 0.15) is 5.76 Å². The zero-order valence-corrected chi connectivity index (χ0v) is 20.5. The van der Waals surface area contributed by atoms with Gasteiger partial charge in [0, 0.05) is 19.3 Å². The van der Waals surface area contributed by atoms with E-state index < -0.39 is 0 Å². The van der Waals surface area contributed by atoms with Gasteiger partial charge < -0.3 is 14.4 Å². The predicted octanol–water partition coefficient (Wildman–Crippen LogP) is 6.88. The lowest BCUT2D eigenvalue weighted by atomic mass is 9.67. The Hall–Kier alpha value is -0.800. The number of allylic oxidation sites excluding steroid dienone is 3. The van der Waals surface area contributed by atoms with Gasteiger partial charge in [-0.1, -0.05) is 26.3 Å². The molecule has 3 aliphatic rings. The molecule has 3 heteroatoms. The highest BCUT2D eigenvalue weighted by Crippen LogP contribution is 2.46. The first kappa shape index (κ1) is 23.9. The molecule has 1 unspecified atom stereocenters. The van der Waals surface area contributed by atoms with E-state index in [1.807, 2.05) is 0 Å². The Kier molecular flexibility index (Phi) is 8.89. The Morgan fingerprint density at radius 2 is 1.67 bits per heavy atom. The fraction of sp³-hybridized carbons (Fsp3) is 0.852. The van der Waals surface area contributed by atoms with Gasteiger partial charge >= 0.3 is 0 Å². The van der Waals surface area contributed by atoms with Crippen molar-refractivity contribution in [3.63, 3.8) is 0 Å². The van der Waals surface area contributed by atoms with Crippen LogP contribution in [0.1, 0.15) is 98.8 Å². The number of hydrogen-bond donors (Lipinski definition) is 0. The Bertz CT molecular complexity index is 584. The van der Waals surface area contributed by atoms with Gasteiger partial charge in [0.05, 0.1) is 6.10 Å². The van der Waals surface area contributed by atoms with E-state index >= 15 is 0 Å². The Balaban J connectivity index is 1.52. The summed E-state index contributed by atoms with van der Waals surface area (Å²) in [6.07, 6.45) is 15.4. The van der Waals surface area contributed by atoms with Crippen LogP contribution in [0.2, 0.25) is 0 Å². The first-order valence-electron chi connectivity index (χ1n) is 12.8. The Morgan fingerprint density at radius 1 is 1.03 bits per heavy atom. The molecular weight excluding hydrogens is 370 g/mol. The molecule has 1 spiro atoms. The van der Waals surface area contributed by atoms with E-state index in [4.69, 9.17) is 9.47 Å². The van der Waals surface area contributed by atoms with E-state index in [0.29, 0.717) is 17.4 Å². The highest BCUT2D eigenvalue weighted by atomic mass is 16.5. The van der Waals surface area contributed by atoms with Crippen LogP contribution in [0.15, 0.2) is 23.0 Å². The molecule has 0 N–H and O–H groups in total. The minimum Gasteiger partial charge on any atom is -0.491 e. The molecule has 1 atom stereocenters. The monoisotopic (exact) mass is 417 g/mol. The quantitative estimate of drug-likeness (QED) is 0.333. The summed E-state index contributed by atoms with van der Waals surface area (Å²) in [5, 5.41) is 0. The van der Waals surface area contributed by atoms with Gasteiger partial charge in [-0.15, -0.1) is 0 Å². The summed E-state index contributed by atoms with van der Waals surface area (Å²) >= 11 is 0. The SMILES string of the molecule is CCC(C)=C(/C=C(/C)C(C)CC)OC1CCC2(CC1)CCN(C1CCOCC1)CC2. The lowest BCUT2D eigenvalue weighted by molar-refractivity contribution is -0.0236. The highest BCUT2D eigenvalue weighted by molar-refractivity contribution is 5.24. The molecule has 3 rings (SSSR count). The van der Waals surface area contributed by atoms with Crippen LogP contribution in [0.25, 0.3) is 0 Å². The minimum atomic E-state index is 0.404. The zero-order valence-electron chi connectivity index (χ0n) is 20.5. The third-order valence-corrected chi connectivity index (χ3v) is 8.55. The first-order chi connectivity index (χ1) is 14.5. The van der Waals surface area contributed by atoms with Crippen LogP contribution in [0.3, 0.4) is 0 Å². The number of likely N-dealkylation sites (tertiary alicyclic amines) is 1. The van der Waals surface area contributed by atoms with Crippen LogP contribution in [-0.4, -0.2) is 43.3 Å². The van der Waals surface area contributed by atoms with E-state index in [2.05, 4.69) is 45.6 Å². The topological polar surface area (TPSA) is 21.7 Å². The summed E-state index contributed by atoms with van der Waals surface area (Å²) < 4.78 is 12.2. The van der Waals surface area contributed by atoms with Crippen molar-refractivity contribution in [1.29, 1.82) is 0 Å². The van der Waals surface area contributed by atoms with E-state index in [1.165, 1.54) is 82.0 Å². The van der Waals surface area contributed by atoms with Crippen molar-refractivity contribution in [2.75, 3.05) is 26.3 Å². The van der Waals surface area contributed by atoms with E-state index in [-0.39, 0.29) is 0 Å². The van der Waals surface area contributed by atoms with Gasteiger partial charge in [0.15, 0.2) is 0 Å². The van der Waals surface area contributed by atoms with Gasteiger partial charge in [-0.25, -0.2) is 0 Å². The van der Waals surface area contributed by atoms with Crippen molar-refractivity contribution < 1.29 is 9.47 Å².